The molecule has 0 saturated carbocycles. The van der Waals surface area contributed by atoms with E-state index in [0.29, 0.717) is 13.0 Å². The Morgan fingerprint density at radius 3 is 2.79 bits per heavy atom. The molecule has 2 aliphatic heterocycles. The largest absolute Gasteiger partial charge is 0.355 e. The number of amides is 1. The molecule has 6 heteroatoms. The van der Waals surface area contributed by atoms with Gasteiger partial charge < -0.3 is 10.2 Å². The molecule has 2 heterocycles. The molecule has 2 fully saturated rings. The monoisotopic (exact) mass is 288 g/mol. The summed E-state index contributed by atoms with van der Waals surface area (Å²) in [7, 11) is -2.96. The highest BCUT2D eigenvalue weighted by Crippen LogP contribution is 2.18. The molecule has 0 aliphatic carbocycles. The van der Waals surface area contributed by atoms with Crippen molar-refractivity contribution in [3.63, 3.8) is 0 Å². The van der Waals surface area contributed by atoms with Gasteiger partial charge in [-0.15, -0.1) is 0 Å². The van der Waals surface area contributed by atoms with Gasteiger partial charge in [-0.05, 0) is 31.7 Å². The summed E-state index contributed by atoms with van der Waals surface area (Å²) in [6.07, 6.45) is 3.01. The number of nitrogens with zero attached hydrogens (tertiary/aromatic N) is 1. The first-order chi connectivity index (χ1) is 8.96. The summed E-state index contributed by atoms with van der Waals surface area (Å²) < 4.78 is 22.6. The Balaban J connectivity index is 1.67. The highest BCUT2D eigenvalue weighted by molar-refractivity contribution is 7.91. The van der Waals surface area contributed by atoms with E-state index in [2.05, 4.69) is 17.1 Å². The van der Waals surface area contributed by atoms with E-state index in [9.17, 15) is 13.2 Å². The van der Waals surface area contributed by atoms with Crippen LogP contribution in [0.4, 0.5) is 0 Å². The highest BCUT2D eigenvalue weighted by atomic mass is 32.2. The van der Waals surface area contributed by atoms with Crippen LogP contribution in [0.25, 0.3) is 0 Å². The molecular weight excluding hydrogens is 264 g/mol. The van der Waals surface area contributed by atoms with Crippen molar-refractivity contribution in [1.82, 2.24) is 10.2 Å². The smallest absolute Gasteiger partial charge is 0.224 e. The molecule has 2 aliphatic rings. The summed E-state index contributed by atoms with van der Waals surface area (Å²) in [6.45, 7) is 5.97. The first-order valence-corrected chi connectivity index (χ1v) is 8.99. The molecule has 2 rings (SSSR count). The van der Waals surface area contributed by atoms with Crippen LogP contribution in [0, 0.1) is 11.8 Å². The van der Waals surface area contributed by atoms with E-state index in [1.165, 1.54) is 12.8 Å². The van der Waals surface area contributed by atoms with Crippen molar-refractivity contribution < 1.29 is 13.2 Å². The lowest BCUT2D eigenvalue weighted by molar-refractivity contribution is -0.124. The fraction of sp³-hybridized carbons (Fsp3) is 0.923. The molecule has 1 N–H and O–H groups in total. The van der Waals surface area contributed by atoms with E-state index in [0.717, 1.165) is 25.6 Å². The van der Waals surface area contributed by atoms with Crippen molar-refractivity contribution in [2.24, 2.45) is 11.8 Å². The van der Waals surface area contributed by atoms with Gasteiger partial charge in [0, 0.05) is 19.6 Å². The third-order valence-electron chi connectivity index (χ3n) is 4.07. The number of nitrogens with one attached hydrogen (secondary N) is 1. The Morgan fingerprint density at radius 1 is 1.37 bits per heavy atom. The maximum absolute atomic E-state index is 11.8. The van der Waals surface area contributed by atoms with Crippen molar-refractivity contribution in [2.75, 3.05) is 37.7 Å². The fourth-order valence-corrected chi connectivity index (χ4v) is 4.71. The molecule has 0 aromatic carbocycles. The van der Waals surface area contributed by atoms with Gasteiger partial charge in [0.1, 0.15) is 0 Å². The zero-order chi connectivity index (χ0) is 13.9. The summed E-state index contributed by atoms with van der Waals surface area (Å²) in [6, 6.07) is 0. The molecule has 2 saturated heterocycles. The minimum Gasteiger partial charge on any atom is -0.355 e. The van der Waals surface area contributed by atoms with Gasteiger partial charge in [0.05, 0.1) is 17.4 Å². The zero-order valence-electron chi connectivity index (χ0n) is 11.6. The molecule has 110 valence electrons. The maximum atomic E-state index is 11.8. The summed E-state index contributed by atoms with van der Waals surface area (Å²) in [5.41, 5.74) is 0. The van der Waals surface area contributed by atoms with Crippen LogP contribution in [0.1, 0.15) is 26.2 Å². The number of likely N-dealkylation sites (tertiary alicyclic amines) is 1. The predicted molar refractivity (Wildman–Crippen MR) is 74.6 cm³/mol. The van der Waals surface area contributed by atoms with E-state index in [1.54, 1.807) is 0 Å². The minimum atomic E-state index is -2.96. The van der Waals surface area contributed by atoms with Crippen molar-refractivity contribution in [3.8, 4) is 0 Å². The molecule has 0 aromatic rings. The Hall–Kier alpha value is -0.620. The molecule has 19 heavy (non-hydrogen) atoms. The van der Waals surface area contributed by atoms with Crippen molar-refractivity contribution >= 4 is 15.7 Å². The molecule has 0 unspecified atom stereocenters. The number of hydrogen-bond donors (Lipinski definition) is 1. The third kappa shape index (κ3) is 4.45. The normalized spacial score (nSPS) is 31.2. The summed E-state index contributed by atoms with van der Waals surface area (Å²) >= 11 is 0. The number of carbonyl (C=O) groups excluding carboxylic acids is 1. The van der Waals surface area contributed by atoms with Crippen LogP contribution in [-0.2, 0) is 14.6 Å². The van der Waals surface area contributed by atoms with Crippen LogP contribution < -0.4 is 5.32 Å². The second-order valence-corrected chi connectivity index (χ2v) is 8.17. The fourth-order valence-electron chi connectivity index (χ4n) is 2.97. The number of rotatable bonds is 4. The number of hydrogen-bond acceptors (Lipinski definition) is 4. The second-order valence-electron chi connectivity index (χ2n) is 5.94. The minimum absolute atomic E-state index is 0.0274. The molecule has 0 spiro atoms. The lowest BCUT2D eigenvalue weighted by Crippen LogP contribution is -2.41. The molecule has 5 nitrogen and oxygen atoms in total. The van der Waals surface area contributed by atoms with Crippen LogP contribution >= 0.6 is 0 Å². The Morgan fingerprint density at radius 2 is 2.16 bits per heavy atom. The standard InChI is InChI=1S/C13H24N2O3S/c1-11-3-2-6-15(9-11)7-5-14-13(16)12-4-8-19(17,18)10-12/h11-12H,2-10H2,1H3,(H,14,16)/t11-,12-/m0/s1. The number of carbonyl (C=O) groups is 1. The summed E-state index contributed by atoms with van der Waals surface area (Å²) in [5.74, 6) is 0.509. The highest BCUT2D eigenvalue weighted by Gasteiger charge is 2.32. The molecule has 0 radical (unpaired) electrons. The molecule has 0 bridgehead atoms. The van der Waals surface area contributed by atoms with Crippen LogP contribution in [0.15, 0.2) is 0 Å². The van der Waals surface area contributed by atoms with Gasteiger partial charge >= 0.3 is 0 Å². The van der Waals surface area contributed by atoms with Gasteiger partial charge in [0.25, 0.3) is 0 Å². The Kier molecular flexibility index (Phi) is 4.84. The first-order valence-electron chi connectivity index (χ1n) is 7.17. The van der Waals surface area contributed by atoms with Crippen molar-refractivity contribution in [3.05, 3.63) is 0 Å². The van der Waals surface area contributed by atoms with Gasteiger partial charge in [-0.1, -0.05) is 6.92 Å². The summed E-state index contributed by atoms with van der Waals surface area (Å²) in [5, 5.41) is 2.88. The first kappa shape index (κ1) is 14.8. The molecule has 2 atom stereocenters. The zero-order valence-corrected chi connectivity index (χ0v) is 12.4. The van der Waals surface area contributed by atoms with E-state index in [-0.39, 0.29) is 23.3 Å². The molecule has 1 amide bonds. The van der Waals surface area contributed by atoms with Crippen LogP contribution in [0.5, 0.6) is 0 Å². The average molecular weight is 288 g/mol. The number of piperidine rings is 1. The van der Waals surface area contributed by atoms with Gasteiger partial charge in [-0.2, -0.15) is 0 Å². The average Bonchev–Trinajstić information content (AvgIpc) is 2.70. The lowest BCUT2D eigenvalue weighted by atomic mass is 10.0. The van der Waals surface area contributed by atoms with Gasteiger partial charge in [-0.25, -0.2) is 8.42 Å². The SMILES string of the molecule is C[C@H]1CCCN(CCNC(=O)[C@H]2CCS(=O)(=O)C2)C1. The second kappa shape index (κ2) is 6.22. The lowest BCUT2D eigenvalue weighted by Gasteiger charge is -2.30. The van der Waals surface area contributed by atoms with Gasteiger partial charge in [0.2, 0.25) is 5.91 Å². The van der Waals surface area contributed by atoms with Gasteiger partial charge in [-0.3, -0.25) is 4.79 Å². The molecular formula is C13H24N2O3S. The van der Waals surface area contributed by atoms with Crippen LogP contribution in [0.2, 0.25) is 0 Å². The quantitative estimate of drug-likeness (QED) is 0.806. The van der Waals surface area contributed by atoms with Crippen molar-refractivity contribution in [2.45, 2.75) is 26.2 Å². The van der Waals surface area contributed by atoms with E-state index >= 15 is 0 Å². The predicted octanol–water partition coefficient (Wildman–Crippen LogP) is 0.269. The van der Waals surface area contributed by atoms with Crippen LogP contribution in [-0.4, -0.2) is 56.9 Å². The van der Waals surface area contributed by atoms with Gasteiger partial charge in [0.15, 0.2) is 9.84 Å². The summed E-state index contributed by atoms with van der Waals surface area (Å²) in [4.78, 5) is 14.2. The van der Waals surface area contributed by atoms with Crippen LogP contribution in [0.3, 0.4) is 0 Å². The number of sulfone groups is 1. The Labute approximate surface area is 115 Å². The Bertz CT molecular complexity index is 422. The topological polar surface area (TPSA) is 66.5 Å². The van der Waals surface area contributed by atoms with E-state index in [4.69, 9.17) is 0 Å². The van der Waals surface area contributed by atoms with E-state index in [1.807, 2.05) is 0 Å². The van der Waals surface area contributed by atoms with E-state index < -0.39 is 9.84 Å². The third-order valence-corrected chi connectivity index (χ3v) is 5.84. The van der Waals surface area contributed by atoms with Crippen molar-refractivity contribution in [1.29, 1.82) is 0 Å². The molecule has 0 aromatic heterocycles. The maximum Gasteiger partial charge on any atom is 0.224 e.